The molecule has 0 aliphatic carbocycles. The van der Waals surface area contributed by atoms with Crippen LogP contribution < -0.4 is 4.90 Å². The predicted octanol–water partition coefficient (Wildman–Crippen LogP) is 5.80. The third kappa shape index (κ3) is 1.91. The lowest BCUT2D eigenvalue weighted by Crippen LogP contribution is -2.30. The Balaban J connectivity index is 1.71. The number of fused-ring (bicyclic) bond motifs is 6. The first-order valence-corrected chi connectivity index (χ1v) is 9.60. The van der Waals surface area contributed by atoms with Crippen molar-refractivity contribution in [3.05, 3.63) is 73.1 Å². The van der Waals surface area contributed by atoms with E-state index in [9.17, 15) is 0 Å². The second-order valence-electron chi connectivity index (χ2n) is 7.78. The van der Waals surface area contributed by atoms with Crippen molar-refractivity contribution in [3.63, 3.8) is 0 Å². The molecule has 0 fully saturated rings. The van der Waals surface area contributed by atoms with Crippen LogP contribution in [-0.4, -0.2) is 22.0 Å². The number of nitrogens with zero attached hydrogens (tertiary/aromatic N) is 3. The summed E-state index contributed by atoms with van der Waals surface area (Å²) in [5.41, 5.74) is 5.18. The Morgan fingerprint density at radius 2 is 1.33 bits per heavy atom. The Bertz CT molecular complexity index is 1260. The molecule has 3 heteroatoms. The molecular formula is C24H21N3. The molecule has 5 aromatic rings. The first kappa shape index (κ1) is 14.9. The van der Waals surface area contributed by atoms with Gasteiger partial charge in [-0.25, -0.2) is 0 Å². The van der Waals surface area contributed by atoms with Gasteiger partial charge in [0.2, 0.25) is 0 Å². The van der Waals surface area contributed by atoms with Gasteiger partial charge in [-0.2, -0.15) is 0 Å². The lowest BCUT2D eigenvalue weighted by atomic mass is 10.1. The molecule has 3 heterocycles. The van der Waals surface area contributed by atoms with Crippen LogP contribution in [0.25, 0.3) is 38.1 Å². The molecule has 0 saturated carbocycles. The zero-order valence-electron chi connectivity index (χ0n) is 15.6. The zero-order valence-corrected chi connectivity index (χ0v) is 15.6. The predicted molar refractivity (Wildman–Crippen MR) is 115 cm³/mol. The van der Waals surface area contributed by atoms with Crippen LogP contribution in [0.2, 0.25) is 0 Å². The van der Waals surface area contributed by atoms with E-state index in [4.69, 9.17) is 0 Å². The van der Waals surface area contributed by atoms with E-state index in [1.165, 1.54) is 43.8 Å². The van der Waals surface area contributed by atoms with Crippen LogP contribution in [0.15, 0.2) is 73.1 Å². The average Bonchev–Trinajstić information content (AvgIpc) is 3.39. The lowest BCUT2D eigenvalue weighted by molar-refractivity contribution is 0.336. The fraction of sp³-hybridized carbons (Fsp3) is 0.167. The maximum Gasteiger partial charge on any atom is 0.0944 e. The van der Waals surface area contributed by atoms with Crippen molar-refractivity contribution < 1.29 is 0 Å². The largest absolute Gasteiger partial charge is 0.356 e. The van der Waals surface area contributed by atoms with Crippen LogP contribution in [0, 0.1) is 0 Å². The van der Waals surface area contributed by atoms with Crippen LogP contribution in [-0.2, 0) is 0 Å². The highest BCUT2D eigenvalue weighted by Gasteiger charge is 2.21. The summed E-state index contributed by atoms with van der Waals surface area (Å²) in [5, 5.41) is 5.33. The number of aromatic nitrogens is 1. The molecule has 0 bridgehead atoms. The third-order valence-electron chi connectivity index (χ3n) is 5.94. The highest BCUT2D eigenvalue weighted by molar-refractivity contribution is 6.24. The van der Waals surface area contributed by atoms with Crippen molar-refractivity contribution >= 4 is 43.8 Å². The smallest absolute Gasteiger partial charge is 0.0944 e. The minimum absolute atomic E-state index is 0.507. The van der Waals surface area contributed by atoms with Gasteiger partial charge in [0.25, 0.3) is 0 Å². The van der Waals surface area contributed by atoms with Crippen molar-refractivity contribution in [2.75, 3.05) is 11.6 Å². The fourth-order valence-corrected chi connectivity index (χ4v) is 4.54. The SMILES string of the molecule is CC(C)N1C=CN(c2cc3c4ccccc4n4c5ccccc5c(c2)c34)C1. The van der Waals surface area contributed by atoms with E-state index in [0.29, 0.717) is 6.04 Å². The average molecular weight is 351 g/mol. The standard InChI is InChI=1S/C24H21N3/c1-16(2)25-11-12-26(15-25)17-13-20-18-7-3-5-9-22(18)27-23-10-6-4-8-19(23)21(14-17)24(20)27/h3-14,16H,15H2,1-2H3. The number of hydrogen-bond donors (Lipinski definition) is 0. The molecule has 3 nitrogen and oxygen atoms in total. The minimum Gasteiger partial charge on any atom is -0.356 e. The molecule has 0 saturated heterocycles. The van der Waals surface area contributed by atoms with Crippen molar-refractivity contribution in [1.29, 1.82) is 0 Å². The third-order valence-corrected chi connectivity index (χ3v) is 5.94. The van der Waals surface area contributed by atoms with E-state index in [-0.39, 0.29) is 0 Å². The summed E-state index contributed by atoms with van der Waals surface area (Å²) >= 11 is 0. The number of anilines is 1. The summed E-state index contributed by atoms with van der Waals surface area (Å²) in [6, 6.07) is 22.7. The summed E-state index contributed by atoms with van der Waals surface area (Å²) < 4.78 is 2.43. The molecule has 2 aromatic heterocycles. The molecule has 3 aromatic carbocycles. The van der Waals surface area contributed by atoms with Gasteiger partial charge in [-0.05, 0) is 38.1 Å². The van der Waals surface area contributed by atoms with E-state index < -0.39 is 0 Å². The summed E-state index contributed by atoms with van der Waals surface area (Å²) in [6.45, 7) is 5.38. The first-order valence-electron chi connectivity index (χ1n) is 9.60. The van der Waals surface area contributed by atoms with Crippen LogP contribution in [0.5, 0.6) is 0 Å². The van der Waals surface area contributed by atoms with E-state index in [1.54, 1.807) is 0 Å². The Labute approximate surface area is 158 Å². The summed E-state index contributed by atoms with van der Waals surface area (Å²) in [6.07, 6.45) is 4.40. The van der Waals surface area contributed by atoms with Gasteiger partial charge in [0.1, 0.15) is 0 Å². The Morgan fingerprint density at radius 3 is 1.89 bits per heavy atom. The Hall–Kier alpha value is -3.20. The molecule has 0 spiro atoms. The molecule has 1 aliphatic heterocycles. The Morgan fingerprint density at radius 1 is 0.741 bits per heavy atom. The van der Waals surface area contributed by atoms with E-state index in [2.05, 4.69) is 101 Å². The van der Waals surface area contributed by atoms with Gasteiger partial charge in [-0.15, -0.1) is 0 Å². The van der Waals surface area contributed by atoms with Gasteiger partial charge in [0, 0.05) is 45.7 Å². The topological polar surface area (TPSA) is 10.9 Å². The van der Waals surface area contributed by atoms with Gasteiger partial charge in [0.05, 0.1) is 23.2 Å². The van der Waals surface area contributed by atoms with Gasteiger partial charge in [-0.3, -0.25) is 0 Å². The second kappa shape index (κ2) is 5.17. The minimum atomic E-state index is 0.507. The van der Waals surface area contributed by atoms with Gasteiger partial charge < -0.3 is 14.2 Å². The molecule has 1 aliphatic rings. The highest BCUT2D eigenvalue weighted by atomic mass is 15.3. The molecule has 0 radical (unpaired) electrons. The van der Waals surface area contributed by atoms with Crippen molar-refractivity contribution in [2.45, 2.75) is 19.9 Å². The summed E-state index contributed by atoms with van der Waals surface area (Å²) in [4.78, 5) is 4.71. The van der Waals surface area contributed by atoms with E-state index in [0.717, 1.165) is 6.67 Å². The van der Waals surface area contributed by atoms with Crippen LogP contribution in [0.4, 0.5) is 5.69 Å². The zero-order chi connectivity index (χ0) is 18.1. The highest BCUT2D eigenvalue weighted by Crippen LogP contribution is 2.41. The normalized spacial score (nSPS) is 14.9. The maximum atomic E-state index is 2.43. The van der Waals surface area contributed by atoms with E-state index in [1.807, 2.05) is 0 Å². The molecule has 6 rings (SSSR count). The fourth-order valence-electron chi connectivity index (χ4n) is 4.54. The van der Waals surface area contributed by atoms with Crippen molar-refractivity contribution in [3.8, 4) is 0 Å². The van der Waals surface area contributed by atoms with Crippen LogP contribution in [0.3, 0.4) is 0 Å². The molecule has 27 heavy (non-hydrogen) atoms. The molecule has 0 amide bonds. The van der Waals surface area contributed by atoms with Gasteiger partial charge >= 0.3 is 0 Å². The molecular weight excluding hydrogens is 330 g/mol. The van der Waals surface area contributed by atoms with Crippen LogP contribution in [0.1, 0.15) is 13.8 Å². The van der Waals surface area contributed by atoms with Crippen molar-refractivity contribution in [1.82, 2.24) is 9.30 Å². The summed E-state index contributed by atoms with van der Waals surface area (Å²) in [7, 11) is 0. The number of hydrogen-bond acceptors (Lipinski definition) is 2. The number of para-hydroxylation sites is 2. The van der Waals surface area contributed by atoms with E-state index >= 15 is 0 Å². The van der Waals surface area contributed by atoms with Crippen molar-refractivity contribution in [2.24, 2.45) is 0 Å². The first-order chi connectivity index (χ1) is 13.2. The molecule has 0 atom stereocenters. The monoisotopic (exact) mass is 351 g/mol. The number of benzene rings is 3. The quantitative estimate of drug-likeness (QED) is 0.398. The van der Waals surface area contributed by atoms with Crippen LogP contribution >= 0.6 is 0 Å². The molecule has 0 unspecified atom stereocenters. The van der Waals surface area contributed by atoms with Gasteiger partial charge in [0.15, 0.2) is 0 Å². The molecule has 0 N–H and O–H groups in total. The lowest BCUT2D eigenvalue weighted by Gasteiger charge is -2.24. The number of rotatable bonds is 2. The second-order valence-corrected chi connectivity index (χ2v) is 7.78. The summed E-state index contributed by atoms with van der Waals surface area (Å²) in [5.74, 6) is 0. The van der Waals surface area contributed by atoms with Gasteiger partial charge in [-0.1, -0.05) is 36.4 Å². The maximum absolute atomic E-state index is 2.43. The Kier molecular flexibility index (Phi) is 2.85. The molecule has 132 valence electrons.